The number of anilines is 1. The molecule has 46 heavy (non-hydrogen) atoms. The second-order valence-electron chi connectivity index (χ2n) is 11.8. The maximum absolute atomic E-state index is 14.8. The number of amides is 3. The number of nitrogens with zero attached hydrogens (tertiary/aromatic N) is 2. The molecule has 5 bridgehead atoms. The number of likely N-dealkylation sites (tertiary alicyclic amines) is 1. The van der Waals surface area contributed by atoms with Gasteiger partial charge in [-0.1, -0.05) is 82.1 Å². The zero-order valence-corrected chi connectivity index (χ0v) is 27.4. The number of nitrogens with one attached hydrogen (secondary N) is 1. The van der Waals surface area contributed by atoms with Gasteiger partial charge in [-0.15, -0.1) is 0 Å². The van der Waals surface area contributed by atoms with Crippen molar-refractivity contribution in [2.75, 3.05) is 31.1 Å². The van der Waals surface area contributed by atoms with E-state index >= 15 is 0 Å². The van der Waals surface area contributed by atoms with Crippen molar-refractivity contribution >= 4 is 56.9 Å². The Kier molecular flexibility index (Phi) is 9.65. The van der Waals surface area contributed by atoms with Crippen LogP contribution in [0.4, 0.5) is 5.69 Å². The first-order chi connectivity index (χ1) is 22.3. The minimum atomic E-state index is -1.45. The number of benzene rings is 2. The van der Waals surface area contributed by atoms with Crippen LogP contribution in [0, 0.1) is 11.8 Å². The van der Waals surface area contributed by atoms with Crippen LogP contribution in [0.25, 0.3) is 0 Å². The molecule has 2 aromatic carbocycles. The Morgan fingerprint density at radius 3 is 2.52 bits per heavy atom. The fourth-order valence-electron chi connectivity index (χ4n) is 6.95. The van der Waals surface area contributed by atoms with Gasteiger partial charge in [0.05, 0.1) is 23.2 Å². The largest absolute Gasteiger partial charge is 0.455 e. The van der Waals surface area contributed by atoms with E-state index < -0.39 is 53.5 Å². The lowest BCUT2D eigenvalue weighted by atomic mass is 9.74. The summed E-state index contributed by atoms with van der Waals surface area (Å²) in [6.07, 6.45) is 5.21. The van der Waals surface area contributed by atoms with Crippen LogP contribution in [-0.2, 0) is 28.7 Å². The van der Waals surface area contributed by atoms with Crippen LogP contribution in [0.15, 0.2) is 77.3 Å². The lowest BCUT2D eigenvalue weighted by Gasteiger charge is -2.36. The molecule has 10 nitrogen and oxygen atoms in total. The van der Waals surface area contributed by atoms with Crippen molar-refractivity contribution in [2.45, 2.75) is 49.5 Å². The van der Waals surface area contributed by atoms with Gasteiger partial charge in [0.15, 0.2) is 0 Å². The van der Waals surface area contributed by atoms with Gasteiger partial charge < -0.3 is 29.7 Å². The number of aliphatic hydroxyl groups excluding tert-OH is 1. The van der Waals surface area contributed by atoms with Crippen LogP contribution in [0.2, 0.25) is 5.02 Å². The Bertz CT molecular complexity index is 1570. The highest BCUT2D eigenvalue weighted by Gasteiger charge is 2.75. The second kappa shape index (κ2) is 13.7. The standard InChI is InChI=1S/C34H35BrClN3O7/c35-22-19-34-28-27(29(22)46-34)33(44)45-25(21-11-3-1-4-12-21)20-37-26(41)15-5-2-8-16-38(24-14-7-6-13-23(24)36)32(43)30(34)39(31(28)42)17-9-10-18-40/h1-4,6-8,11-14,19,25,27-30,40H,5,9-10,15-18,20H2,(H,37,41)/b8-2-/t25-,27-,28+,29-,30-,34+/m1/s1. The molecule has 2 aromatic rings. The minimum Gasteiger partial charge on any atom is -0.455 e. The van der Waals surface area contributed by atoms with Crippen LogP contribution < -0.4 is 10.2 Å². The number of unbranched alkanes of at least 4 members (excludes halogenated alkanes) is 1. The lowest BCUT2D eigenvalue weighted by molar-refractivity contribution is -0.159. The Morgan fingerprint density at radius 2 is 1.76 bits per heavy atom. The molecule has 0 saturated carbocycles. The van der Waals surface area contributed by atoms with Crippen LogP contribution >= 0.6 is 27.5 Å². The van der Waals surface area contributed by atoms with E-state index in [0.717, 1.165) is 0 Å². The molecule has 0 aromatic heterocycles. The Balaban J connectivity index is 1.45. The average Bonchev–Trinajstić information content (AvgIpc) is 3.64. The molecule has 242 valence electrons. The van der Waals surface area contributed by atoms with E-state index in [9.17, 15) is 24.3 Å². The number of rotatable bonds is 6. The number of hydrogen-bond acceptors (Lipinski definition) is 7. The van der Waals surface area contributed by atoms with Gasteiger partial charge in [0, 0.05) is 30.6 Å². The van der Waals surface area contributed by atoms with Crippen LogP contribution in [0.5, 0.6) is 0 Å². The molecule has 12 heteroatoms. The van der Waals surface area contributed by atoms with E-state index in [1.807, 2.05) is 36.4 Å². The lowest BCUT2D eigenvalue weighted by Crippen LogP contribution is -2.56. The number of allylic oxidation sites excluding steroid dienone is 1. The van der Waals surface area contributed by atoms with Crippen molar-refractivity contribution in [3.05, 3.63) is 87.9 Å². The first-order valence-corrected chi connectivity index (χ1v) is 16.6. The average molecular weight is 713 g/mol. The van der Waals surface area contributed by atoms with Gasteiger partial charge in [-0.3, -0.25) is 19.2 Å². The summed E-state index contributed by atoms with van der Waals surface area (Å²) < 4.78 is 13.2. The van der Waals surface area contributed by atoms with E-state index in [0.29, 0.717) is 40.0 Å². The molecule has 4 heterocycles. The smallest absolute Gasteiger partial charge is 0.313 e. The SMILES string of the molecule is O=C1CC/C=C\CN(c2ccccc2Cl)C(=O)[C@H]2N(CCCCO)C(=O)[C@@H]3[C@@H](C(=O)O[C@@H](c4ccccc4)CN1)[C@@H]1O[C@@]32C=C1Br. The zero-order chi connectivity index (χ0) is 32.4. The topological polar surface area (TPSA) is 125 Å². The van der Waals surface area contributed by atoms with Crippen LogP contribution in [0.1, 0.15) is 37.4 Å². The number of hydrogen-bond donors (Lipinski definition) is 2. The molecule has 1 spiro atoms. The summed E-state index contributed by atoms with van der Waals surface area (Å²) >= 11 is 10.2. The van der Waals surface area contributed by atoms with E-state index in [1.165, 1.54) is 9.80 Å². The first kappa shape index (κ1) is 32.4. The van der Waals surface area contributed by atoms with Gasteiger partial charge >= 0.3 is 5.97 Å². The number of fused-ring (bicyclic) bond motifs is 2. The van der Waals surface area contributed by atoms with E-state index in [4.69, 9.17) is 21.1 Å². The molecule has 6 rings (SSSR count). The molecule has 4 aliphatic rings. The molecule has 6 atom stereocenters. The van der Waals surface area contributed by atoms with E-state index in [2.05, 4.69) is 21.2 Å². The Morgan fingerprint density at radius 1 is 1.00 bits per heavy atom. The van der Waals surface area contributed by atoms with Gasteiger partial charge in [0.25, 0.3) is 5.91 Å². The highest BCUT2D eigenvalue weighted by Crippen LogP contribution is 2.59. The van der Waals surface area contributed by atoms with Gasteiger partial charge in [0.2, 0.25) is 11.8 Å². The predicted octanol–water partition coefficient (Wildman–Crippen LogP) is 4.07. The number of carbonyl (C=O) groups is 4. The van der Waals surface area contributed by atoms with Crippen LogP contribution in [-0.4, -0.2) is 77.7 Å². The molecule has 4 aliphatic heterocycles. The highest BCUT2D eigenvalue weighted by molar-refractivity contribution is 9.11. The molecule has 0 radical (unpaired) electrons. The molecular formula is C34H35BrClN3O7. The molecular weight excluding hydrogens is 678 g/mol. The predicted molar refractivity (Wildman–Crippen MR) is 174 cm³/mol. The summed E-state index contributed by atoms with van der Waals surface area (Å²) in [7, 11) is 0. The molecule has 2 fully saturated rings. The first-order valence-electron chi connectivity index (χ1n) is 15.5. The third-order valence-electron chi connectivity index (χ3n) is 9.06. The van der Waals surface area contributed by atoms with Crippen molar-refractivity contribution in [1.29, 1.82) is 0 Å². The molecule has 2 N–H and O–H groups in total. The summed E-state index contributed by atoms with van der Waals surface area (Å²) in [6.45, 7) is 0.282. The number of para-hydroxylation sites is 1. The van der Waals surface area contributed by atoms with Crippen LogP contribution in [0.3, 0.4) is 0 Å². The molecule has 3 amide bonds. The fraction of sp³-hybridized carbons (Fsp3) is 0.412. The number of carbonyl (C=O) groups excluding carboxylic acids is 4. The van der Waals surface area contributed by atoms with Crippen molar-refractivity contribution in [1.82, 2.24) is 10.2 Å². The summed E-state index contributed by atoms with van der Waals surface area (Å²) in [5.41, 5.74) is -0.308. The maximum atomic E-state index is 14.8. The molecule has 2 saturated heterocycles. The fourth-order valence-corrected chi connectivity index (χ4v) is 7.92. The van der Waals surface area contributed by atoms with Gasteiger partial charge in [0.1, 0.15) is 29.8 Å². The van der Waals surface area contributed by atoms with Gasteiger partial charge in [-0.05, 0) is 43.0 Å². The summed E-state index contributed by atoms with van der Waals surface area (Å²) in [4.78, 5) is 59.1. The quantitative estimate of drug-likeness (QED) is 0.263. The Labute approximate surface area is 280 Å². The number of aliphatic hydroxyl groups is 1. The number of halogens is 2. The summed E-state index contributed by atoms with van der Waals surface area (Å²) in [5.74, 6) is -3.76. The number of esters is 1. The van der Waals surface area contributed by atoms with Crippen molar-refractivity contribution in [2.24, 2.45) is 11.8 Å². The summed E-state index contributed by atoms with van der Waals surface area (Å²) in [6, 6.07) is 14.9. The highest BCUT2D eigenvalue weighted by atomic mass is 79.9. The van der Waals surface area contributed by atoms with E-state index in [-0.39, 0.29) is 38.6 Å². The summed E-state index contributed by atoms with van der Waals surface area (Å²) in [5, 5.41) is 12.7. The third-order valence-corrected chi connectivity index (χ3v) is 10.1. The molecule has 0 unspecified atom stereocenters. The van der Waals surface area contributed by atoms with Crippen molar-refractivity contribution in [3.63, 3.8) is 0 Å². The normalized spacial score (nSPS) is 30.6. The second-order valence-corrected chi connectivity index (χ2v) is 13.2. The van der Waals surface area contributed by atoms with E-state index in [1.54, 1.807) is 36.4 Å². The number of ether oxygens (including phenoxy) is 2. The monoisotopic (exact) mass is 711 g/mol. The minimum absolute atomic E-state index is 0.0476. The number of cyclic esters (lactones) is 1. The molecule has 0 aliphatic carbocycles. The third kappa shape index (κ3) is 5.90. The van der Waals surface area contributed by atoms with Crippen molar-refractivity contribution in [3.8, 4) is 0 Å². The van der Waals surface area contributed by atoms with Gasteiger partial charge in [-0.25, -0.2) is 0 Å². The maximum Gasteiger partial charge on any atom is 0.313 e. The Hall–Kier alpha value is -3.51. The van der Waals surface area contributed by atoms with Crippen molar-refractivity contribution < 1.29 is 33.8 Å². The zero-order valence-electron chi connectivity index (χ0n) is 25.0. The van der Waals surface area contributed by atoms with Gasteiger partial charge in [-0.2, -0.15) is 0 Å².